The molecular weight excluding hydrogens is 474 g/mol. The number of aromatic nitrogens is 2. The van der Waals surface area contributed by atoms with Crippen LogP contribution in [0.2, 0.25) is 0 Å². The molecule has 0 radical (unpaired) electrons. The summed E-state index contributed by atoms with van der Waals surface area (Å²) in [4.78, 5) is 48.9. The highest BCUT2D eigenvalue weighted by Crippen LogP contribution is 2.27. The van der Waals surface area contributed by atoms with Crippen LogP contribution in [0.1, 0.15) is 50.1 Å². The molecule has 3 heterocycles. The van der Waals surface area contributed by atoms with Crippen molar-refractivity contribution < 1.29 is 24.2 Å². The van der Waals surface area contributed by atoms with E-state index >= 15 is 0 Å². The molecule has 0 aliphatic carbocycles. The van der Waals surface area contributed by atoms with Crippen LogP contribution in [-0.4, -0.2) is 99.7 Å². The van der Waals surface area contributed by atoms with Gasteiger partial charge in [0.1, 0.15) is 0 Å². The molecule has 37 heavy (non-hydrogen) atoms. The molecule has 0 saturated carbocycles. The maximum Gasteiger partial charge on any atom is 0.407 e. The van der Waals surface area contributed by atoms with Crippen molar-refractivity contribution in [1.82, 2.24) is 24.3 Å². The highest BCUT2D eigenvalue weighted by atomic mass is 16.5. The summed E-state index contributed by atoms with van der Waals surface area (Å²) in [7, 11) is 1.68. The van der Waals surface area contributed by atoms with Gasteiger partial charge < -0.3 is 29.1 Å². The van der Waals surface area contributed by atoms with Crippen molar-refractivity contribution in [2.24, 2.45) is 11.8 Å². The summed E-state index contributed by atoms with van der Waals surface area (Å²) in [6.07, 6.45) is 2.06. The van der Waals surface area contributed by atoms with E-state index in [0.717, 1.165) is 43.4 Å². The number of para-hydroxylation sites is 2. The molecule has 3 amide bonds. The number of imidazole rings is 1. The molecule has 2 saturated heterocycles. The second kappa shape index (κ2) is 11.9. The van der Waals surface area contributed by atoms with E-state index in [2.05, 4.69) is 0 Å². The third kappa shape index (κ3) is 6.06. The number of carboxylic acid groups (broad SMARTS) is 1. The molecule has 202 valence electrons. The van der Waals surface area contributed by atoms with Gasteiger partial charge in [0.15, 0.2) is 5.82 Å². The largest absolute Gasteiger partial charge is 0.465 e. The minimum atomic E-state index is -1.06. The third-order valence-electron chi connectivity index (χ3n) is 7.31. The van der Waals surface area contributed by atoms with E-state index in [0.29, 0.717) is 31.9 Å². The molecule has 10 nitrogen and oxygen atoms in total. The van der Waals surface area contributed by atoms with Gasteiger partial charge in [0.2, 0.25) is 5.91 Å². The van der Waals surface area contributed by atoms with Crippen LogP contribution < -0.4 is 0 Å². The van der Waals surface area contributed by atoms with Crippen LogP contribution in [0.5, 0.6) is 0 Å². The van der Waals surface area contributed by atoms with Crippen molar-refractivity contribution in [2.45, 2.75) is 52.1 Å². The number of likely N-dealkylation sites (tertiary alicyclic amines) is 2. The third-order valence-corrected chi connectivity index (χ3v) is 7.31. The Balaban J connectivity index is 1.65. The van der Waals surface area contributed by atoms with Crippen molar-refractivity contribution in [1.29, 1.82) is 0 Å². The predicted octanol–water partition coefficient (Wildman–Crippen LogP) is 3.16. The number of fused-ring (bicyclic) bond motifs is 1. The fourth-order valence-corrected chi connectivity index (χ4v) is 5.33. The Bertz CT molecular complexity index is 1110. The summed E-state index contributed by atoms with van der Waals surface area (Å²) >= 11 is 0. The standard InChI is InChI=1S/C27H39N5O5/c1-19(2)16-32(21-15-20(17-30(18-21)27(35)36)25(33)29-11-8-12-29)26(34)24-28-22-9-4-5-10-23(22)31(24)13-6-7-14-37-3/h4-5,9-10,19-21H,6-8,11-18H2,1-3H3,(H,35,36)/t20-,21+/m1/s1. The Hall–Kier alpha value is -3.14. The van der Waals surface area contributed by atoms with Crippen LogP contribution in [0.3, 0.4) is 0 Å². The van der Waals surface area contributed by atoms with Gasteiger partial charge in [-0.2, -0.15) is 0 Å². The van der Waals surface area contributed by atoms with Crippen LogP contribution in [0.4, 0.5) is 4.79 Å². The van der Waals surface area contributed by atoms with Crippen molar-refractivity contribution >= 4 is 28.9 Å². The summed E-state index contributed by atoms with van der Waals surface area (Å²) in [5.74, 6) is -0.162. The van der Waals surface area contributed by atoms with E-state index in [1.807, 2.05) is 42.7 Å². The summed E-state index contributed by atoms with van der Waals surface area (Å²) in [6, 6.07) is 7.31. The van der Waals surface area contributed by atoms with Gasteiger partial charge in [0.05, 0.1) is 23.0 Å². The lowest BCUT2D eigenvalue weighted by atomic mass is 9.90. The zero-order valence-electron chi connectivity index (χ0n) is 22.1. The van der Waals surface area contributed by atoms with E-state index in [9.17, 15) is 19.5 Å². The Kier molecular flexibility index (Phi) is 8.68. The van der Waals surface area contributed by atoms with Crippen LogP contribution >= 0.6 is 0 Å². The van der Waals surface area contributed by atoms with E-state index in [1.165, 1.54) is 4.90 Å². The maximum atomic E-state index is 14.2. The van der Waals surface area contributed by atoms with Gasteiger partial charge in [-0.1, -0.05) is 26.0 Å². The lowest BCUT2D eigenvalue weighted by molar-refractivity contribution is -0.141. The first kappa shape index (κ1) is 26.9. The van der Waals surface area contributed by atoms with Crippen LogP contribution in [0.15, 0.2) is 24.3 Å². The van der Waals surface area contributed by atoms with E-state index in [1.54, 1.807) is 16.9 Å². The molecular formula is C27H39N5O5. The average molecular weight is 514 g/mol. The number of ether oxygens (including phenoxy) is 1. The van der Waals surface area contributed by atoms with E-state index in [4.69, 9.17) is 9.72 Å². The number of unbranched alkanes of at least 4 members (excludes halogenated alkanes) is 1. The summed E-state index contributed by atoms with van der Waals surface area (Å²) in [5, 5.41) is 9.84. The highest BCUT2D eigenvalue weighted by molar-refractivity contribution is 5.95. The molecule has 10 heteroatoms. The predicted molar refractivity (Wildman–Crippen MR) is 139 cm³/mol. The number of benzene rings is 1. The average Bonchev–Trinajstić information content (AvgIpc) is 3.22. The number of carbonyl (C=O) groups is 3. The molecule has 2 atom stereocenters. The molecule has 0 bridgehead atoms. The minimum Gasteiger partial charge on any atom is -0.465 e. The first-order valence-corrected chi connectivity index (χ1v) is 13.3. The quantitative estimate of drug-likeness (QED) is 0.489. The maximum absolute atomic E-state index is 14.2. The molecule has 1 aromatic carbocycles. The van der Waals surface area contributed by atoms with Gasteiger partial charge in [-0.05, 0) is 43.7 Å². The molecule has 1 aromatic heterocycles. The van der Waals surface area contributed by atoms with Crippen molar-refractivity contribution in [3.8, 4) is 0 Å². The number of rotatable bonds is 10. The molecule has 2 aliphatic heterocycles. The number of hydrogen-bond acceptors (Lipinski definition) is 5. The zero-order chi connectivity index (χ0) is 26.5. The molecule has 0 unspecified atom stereocenters. The lowest BCUT2D eigenvalue weighted by Gasteiger charge is -2.44. The van der Waals surface area contributed by atoms with Crippen molar-refractivity contribution in [3.63, 3.8) is 0 Å². The van der Waals surface area contributed by atoms with Gasteiger partial charge in [0.25, 0.3) is 5.91 Å². The topological polar surface area (TPSA) is 108 Å². The molecule has 0 spiro atoms. The Morgan fingerprint density at radius 3 is 2.54 bits per heavy atom. The molecule has 2 fully saturated rings. The smallest absolute Gasteiger partial charge is 0.407 e. The van der Waals surface area contributed by atoms with E-state index < -0.39 is 18.1 Å². The minimum absolute atomic E-state index is 0.00970. The number of carbonyl (C=O) groups excluding carboxylic acids is 2. The monoisotopic (exact) mass is 513 g/mol. The Morgan fingerprint density at radius 1 is 1.14 bits per heavy atom. The Labute approximate surface area is 218 Å². The number of piperidine rings is 1. The molecule has 4 rings (SSSR count). The van der Waals surface area contributed by atoms with Crippen molar-refractivity contribution in [3.05, 3.63) is 30.1 Å². The molecule has 2 aliphatic rings. The van der Waals surface area contributed by atoms with Gasteiger partial charge >= 0.3 is 6.09 Å². The number of nitrogens with zero attached hydrogens (tertiary/aromatic N) is 5. The molecule has 2 aromatic rings. The first-order chi connectivity index (χ1) is 17.8. The van der Waals surface area contributed by atoms with Crippen LogP contribution in [-0.2, 0) is 16.1 Å². The summed E-state index contributed by atoms with van der Waals surface area (Å²) in [6.45, 7) is 7.59. The number of aryl methyl sites for hydroxylation is 1. The number of amides is 3. The fraction of sp³-hybridized carbons (Fsp3) is 0.630. The second-order valence-electron chi connectivity index (χ2n) is 10.6. The summed E-state index contributed by atoms with van der Waals surface area (Å²) < 4.78 is 7.17. The Morgan fingerprint density at radius 2 is 1.89 bits per heavy atom. The fourth-order valence-electron chi connectivity index (χ4n) is 5.33. The summed E-state index contributed by atoms with van der Waals surface area (Å²) in [5.41, 5.74) is 1.65. The van der Waals surface area contributed by atoms with Crippen LogP contribution in [0.25, 0.3) is 11.0 Å². The van der Waals surface area contributed by atoms with Gasteiger partial charge in [-0.3, -0.25) is 9.59 Å². The lowest BCUT2D eigenvalue weighted by Crippen LogP contribution is -2.58. The first-order valence-electron chi connectivity index (χ1n) is 13.3. The van der Waals surface area contributed by atoms with Gasteiger partial charge in [-0.25, -0.2) is 9.78 Å². The normalized spacial score (nSPS) is 19.8. The highest BCUT2D eigenvalue weighted by Gasteiger charge is 2.41. The van der Waals surface area contributed by atoms with Crippen LogP contribution in [0, 0.1) is 11.8 Å². The van der Waals surface area contributed by atoms with Gasteiger partial charge in [0, 0.05) is 53.0 Å². The van der Waals surface area contributed by atoms with E-state index in [-0.39, 0.29) is 30.8 Å². The second-order valence-corrected chi connectivity index (χ2v) is 10.6. The number of hydrogen-bond donors (Lipinski definition) is 1. The molecule has 1 N–H and O–H groups in total. The SMILES string of the molecule is COCCCCn1c(C(=O)N(CC(C)C)[C@H]2C[C@@H](C(=O)N3CCC3)CN(C(=O)O)C2)nc2ccccc21. The number of methoxy groups -OCH3 is 1. The zero-order valence-corrected chi connectivity index (χ0v) is 22.1. The van der Waals surface area contributed by atoms with Crippen molar-refractivity contribution in [2.75, 3.05) is 46.4 Å². The van der Waals surface area contributed by atoms with Gasteiger partial charge in [-0.15, -0.1) is 0 Å².